The molecule has 0 atom stereocenters. The first-order valence-electron chi connectivity index (χ1n) is 9.00. The van der Waals surface area contributed by atoms with Gasteiger partial charge in [-0.1, -0.05) is 0 Å². The van der Waals surface area contributed by atoms with Gasteiger partial charge < -0.3 is 34.3 Å². The summed E-state index contributed by atoms with van der Waals surface area (Å²) in [6.07, 6.45) is 1.56. The van der Waals surface area contributed by atoms with E-state index >= 15 is 0 Å². The summed E-state index contributed by atoms with van der Waals surface area (Å²) in [6, 6.07) is 3.03. The number of hydrogen-bond donors (Lipinski definition) is 2. The number of nitrogens with zero attached hydrogens (tertiary/aromatic N) is 1. The van der Waals surface area contributed by atoms with Crippen molar-refractivity contribution in [1.82, 2.24) is 10.6 Å². The second-order valence-corrected chi connectivity index (χ2v) is 6.47. The van der Waals surface area contributed by atoms with Gasteiger partial charge in [-0.15, -0.1) is 0 Å². The molecule has 1 fully saturated rings. The first kappa shape index (κ1) is 20.4. The van der Waals surface area contributed by atoms with Crippen LogP contribution in [0.4, 0.5) is 8.78 Å². The fourth-order valence-electron chi connectivity index (χ4n) is 3.15. The van der Waals surface area contributed by atoms with Crippen molar-refractivity contribution in [3.63, 3.8) is 0 Å². The number of ether oxygens (including phenoxy) is 5. The van der Waals surface area contributed by atoms with Gasteiger partial charge in [-0.25, -0.2) is 0 Å². The van der Waals surface area contributed by atoms with Crippen molar-refractivity contribution in [2.24, 2.45) is 4.99 Å². The molecule has 2 N–H and O–H groups in total. The van der Waals surface area contributed by atoms with E-state index in [1.54, 1.807) is 20.2 Å². The third kappa shape index (κ3) is 4.93. The summed E-state index contributed by atoms with van der Waals surface area (Å²) >= 11 is 0. The quantitative estimate of drug-likeness (QED) is 0.533. The molecule has 0 aliphatic carbocycles. The van der Waals surface area contributed by atoms with Gasteiger partial charge in [-0.3, -0.25) is 4.99 Å². The Morgan fingerprint density at radius 3 is 2.57 bits per heavy atom. The van der Waals surface area contributed by atoms with E-state index in [-0.39, 0.29) is 24.7 Å². The van der Waals surface area contributed by atoms with Gasteiger partial charge in [0.2, 0.25) is 6.79 Å². The molecule has 0 radical (unpaired) electrons. The molecule has 1 aromatic rings. The van der Waals surface area contributed by atoms with Crippen molar-refractivity contribution in [2.75, 3.05) is 40.7 Å². The van der Waals surface area contributed by atoms with Crippen LogP contribution in [0.3, 0.4) is 0 Å². The lowest BCUT2D eigenvalue weighted by molar-refractivity contribution is -0.0855. The van der Waals surface area contributed by atoms with Gasteiger partial charge in [0.05, 0.1) is 5.60 Å². The van der Waals surface area contributed by atoms with Crippen LogP contribution in [0.2, 0.25) is 0 Å². The highest BCUT2D eigenvalue weighted by Crippen LogP contribution is 2.38. The third-order valence-electron chi connectivity index (χ3n) is 4.86. The number of nitrogens with one attached hydrogen (secondary N) is 2. The van der Waals surface area contributed by atoms with E-state index in [2.05, 4.69) is 20.4 Å². The zero-order valence-electron chi connectivity index (χ0n) is 15.9. The Kier molecular flexibility index (Phi) is 6.74. The molecule has 10 heteroatoms. The molecule has 2 aliphatic heterocycles. The molecule has 0 saturated carbocycles. The molecule has 0 amide bonds. The standard InChI is InChI=1S/C18H25F2N3O5/c1-21-17(23-10-18(24-2)3-5-25-6-4-18)22-9-12-7-14-15(27-11-26-14)8-13(12)28-16(19)20/h7-8,16H,3-6,9-11H2,1-2H3,(H2,21,22,23). The summed E-state index contributed by atoms with van der Waals surface area (Å²) in [5.41, 5.74) is 0.179. The normalized spacial score (nSPS) is 18.2. The number of hydrogen-bond acceptors (Lipinski definition) is 6. The Morgan fingerprint density at radius 2 is 1.93 bits per heavy atom. The summed E-state index contributed by atoms with van der Waals surface area (Å²) in [4.78, 5) is 4.18. The first-order chi connectivity index (χ1) is 13.5. The summed E-state index contributed by atoms with van der Waals surface area (Å²) in [5, 5.41) is 6.33. The zero-order chi connectivity index (χ0) is 20.0. The number of rotatable bonds is 7. The van der Waals surface area contributed by atoms with Crippen molar-refractivity contribution < 1.29 is 32.5 Å². The Bertz CT molecular complexity index is 696. The van der Waals surface area contributed by atoms with Crippen molar-refractivity contribution >= 4 is 5.96 Å². The SMILES string of the molecule is CN=C(NCc1cc2c(cc1OC(F)F)OCO2)NCC1(OC)CCOCC1. The molecule has 0 unspecified atom stereocenters. The molecule has 2 heterocycles. The highest BCUT2D eigenvalue weighted by molar-refractivity contribution is 5.79. The van der Waals surface area contributed by atoms with Crippen molar-refractivity contribution in [2.45, 2.75) is 31.6 Å². The van der Waals surface area contributed by atoms with Gasteiger partial charge >= 0.3 is 6.61 Å². The van der Waals surface area contributed by atoms with E-state index in [0.717, 1.165) is 12.8 Å². The number of fused-ring (bicyclic) bond motifs is 1. The maximum Gasteiger partial charge on any atom is 0.387 e. The summed E-state index contributed by atoms with van der Waals surface area (Å²) < 4.78 is 51.8. The van der Waals surface area contributed by atoms with Gasteiger partial charge in [0.15, 0.2) is 17.5 Å². The van der Waals surface area contributed by atoms with Crippen LogP contribution in [0.1, 0.15) is 18.4 Å². The zero-order valence-corrected chi connectivity index (χ0v) is 15.9. The largest absolute Gasteiger partial charge is 0.454 e. The number of benzene rings is 1. The molecule has 2 aliphatic rings. The number of guanidine groups is 1. The molecule has 1 aromatic carbocycles. The maximum atomic E-state index is 12.8. The van der Waals surface area contributed by atoms with E-state index < -0.39 is 6.61 Å². The number of halogens is 2. The van der Waals surface area contributed by atoms with E-state index in [1.807, 2.05) is 0 Å². The van der Waals surface area contributed by atoms with Gasteiger partial charge in [0.1, 0.15) is 5.75 Å². The van der Waals surface area contributed by atoms with Crippen molar-refractivity contribution in [3.8, 4) is 17.2 Å². The van der Waals surface area contributed by atoms with Crippen LogP contribution < -0.4 is 24.8 Å². The molecule has 156 valence electrons. The van der Waals surface area contributed by atoms with Gasteiger partial charge in [0, 0.05) is 64.9 Å². The summed E-state index contributed by atoms with van der Waals surface area (Å²) in [6.45, 7) is -0.839. The third-order valence-corrected chi connectivity index (χ3v) is 4.86. The molecular weight excluding hydrogens is 376 g/mol. The topological polar surface area (TPSA) is 82.6 Å². The Hall–Kier alpha value is -2.33. The lowest BCUT2D eigenvalue weighted by Crippen LogP contribution is -2.50. The highest BCUT2D eigenvalue weighted by Gasteiger charge is 2.32. The van der Waals surface area contributed by atoms with Crippen LogP contribution in [-0.4, -0.2) is 58.9 Å². The summed E-state index contributed by atoms with van der Waals surface area (Å²) in [7, 11) is 3.32. The predicted molar refractivity (Wildman–Crippen MR) is 97.2 cm³/mol. The molecule has 8 nitrogen and oxygen atoms in total. The van der Waals surface area contributed by atoms with E-state index in [1.165, 1.54) is 6.07 Å². The molecular formula is C18H25F2N3O5. The summed E-state index contributed by atoms with van der Waals surface area (Å²) in [5.74, 6) is 1.41. The highest BCUT2D eigenvalue weighted by atomic mass is 19.3. The molecule has 28 heavy (non-hydrogen) atoms. The second kappa shape index (κ2) is 9.24. The minimum absolute atomic E-state index is 0.0278. The molecule has 3 rings (SSSR count). The molecule has 0 bridgehead atoms. The Morgan fingerprint density at radius 1 is 1.21 bits per heavy atom. The average Bonchev–Trinajstić information content (AvgIpc) is 3.15. The lowest BCUT2D eigenvalue weighted by atomic mass is 9.94. The van der Waals surface area contributed by atoms with Gasteiger partial charge in [-0.2, -0.15) is 8.78 Å². The van der Waals surface area contributed by atoms with Crippen LogP contribution in [0.25, 0.3) is 0 Å². The van der Waals surface area contributed by atoms with Crippen LogP contribution in [0, 0.1) is 0 Å². The van der Waals surface area contributed by atoms with Crippen LogP contribution in [-0.2, 0) is 16.0 Å². The number of aliphatic imine (C=N–C) groups is 1. The van der Waals surface area contributed by atoms with Crippen LogP contribution in [0.15, 0.2) is 17.1 Å². The fourth-order valence-corrected chi connectivity index (χ4v) is 3.15. The van der Waals surface area contributed by atoms with E-state index in [0.29, 0.717) is 42.8 Å². The minimum atomic E-state index is -2.94. The van der Waals surface area contributed by atoms with E-state index in [4.69, 9.17) is 18.9 Å². The molecule has 0 aromatic heterocycles. The number of alkyl halides is 2. The maximum absolute atomic E-state index is 12.8. The van der Waals surface area contributed by atoms with E-state index in [9.17, 15) is 8.78 Å². The fraction of sp³-hybridized carbons (Fsp3) is 0.611. The first-order valence-corrected chi connectivity index (χ1v) is 9.00. The van der Waals surface area contributed by atoms with Crippen LogP contribution in [0.5, 0.6) is 17.2 Å². The number of methoxy groups -OCH3 is 1. The van der Waals surface area contributed by atoms with Crippen molar-refractivity contribution in [3.05, 3.63) is 17.7 Å². The lowest BCUT2D eigenvalue weighted by Gasteiger charge is -2.36. The van der Waals surface area contributed by atoms with Crippen LogP contribution >= 0.6 is 0 Å². The monoisotopic (exact) mass is 401 g/mol. The van der Waals surface area contributed by atoms with Crippen molar-refractivity contribution in [1.29, 1.82) is 0 Å². The molecule has 1 saturated heterocycles. The minimum Gasteiger partial charge on any atom is -0.454 e. The smallest absolute Gasteiger partial charge is 0.387 e. The Balaban J connectivity index is 1.63. The predicted octanol–water partition coefficient (Wildman–Crippen LogP) is 1.88. The second-order valence-electron chi connectivity index (χ2n) is 6.47. The van der Waals surface area contributed by atoms with Gasteiger partial charge in [-0.05, 0) is 6.07 Å². The average molecular weight is 401 g/mol. The Labute approximate surface area is 162 Å². The van der Waals surface area contributed by atoms with Gasteiger partial charge in [0.25, 0.3) is 0 Å². The molecule has 0 spiro atoms.